The zero-order valence-electron chi connectivity index (χ0n) is 17.3. The summed E-state index contributed by atoms with van der Waals surface area (Å²) < 4.78 is 4.77. The molecule has 0 aromatic heterocycles. The van der Waals surface area contributed by atoms with E-state index in [1.54, 1.807) is 19.1 Å². The monoisotopic (exact) mass is 392 g/mol. The highest BCUT2D eigenvalue weighted by Crippen LogP contribution is 2.13. The first-order chi connectivity index (χ1) is 14.0. The lowest BCUT2D eigenvalue weighted by Gasteiger charge is -2.09. The zero-order valence-corrected chi connectivity index (χ0v) is 17.3. The van der Waals surface area contributed by atoms with Crippen LogP contribution >= 0.6 is 0 Å². The molecule has 6 heteroatoms. The minimum Gasteiger partial charge on any atom is -0.464 e. The van der Waals surface area contributed by atoms with Crippen molar-refractivity contribution in [3.8, 4) is 11.8 Å². The summed E-state index contributed by atoms with van der Waals surface area (Å²) in [7, 11) is 2.65. The molecule has 0 aliphatic carbocycles. The smallest absolute Gasteiger partial charge is 0.360 e. The van der Waals surface area contributed by atoms with Crippen molar-refractivity contribution in [1.82, 2.24) is 0 Å². The van der Waals surface area contributed by atoms with Crippen LogP contribution < -0.4 is 0 Å². The van der Waals surface area contributed by atoms with E-state index >= 15 is 0 Å². The summed E-state index contributed by atoms with van der Waals surface area (Å²) in [5.41, 5.74) is 5.14. The van der Waals surface area contributed by atoms with Crippen molar-refractivity contribution in [1.29, 1.82) is 0 Å². The van der Waals surface area contributed by atoms with Gasteiger partial charge < -0.3 is 14.4 Å². The van der Waals surface area contributed by atoms with Gasteiger partial charge in [0, 0.05) is 16.7 Å². The number of hydrogen-bond acceptors (Lipinski definition) is 6. The summed E-state index contributed by atoms with van der Waals surface area (Å²) in [6, 6.07) is 13.3. The van der Waals surface area contributed by atoms with Gasteiger partial charge in [-0.15, -0.1) is 0 Å². The van der Waals surface area contributed by atoms with Crippen LogP contribution in [0.2, 0.25) is 0 Å². The van der Waals surface area contributed by atoms with E-state index in [0.29, 0.717) is 16.8 Å². The summed E-state index contributed by atoms with van der Waals surface area (Å²) in [5, 5.41) is 7.82. The molecule has 29 heavy (non-hydrogen) atoms. The zero-order chi connectivity index (χ0) is 21.2. The maximum atomic E-state index is 12.0. The third kappa shape index (κ3) is 6.22. The Labute approximate surface area is 171 Å². The standard InChI is InChI=1S/C23H24N2O4/c1-16-10-12-19(17(2)14-16)13-11-18(3)24-29-15-20-8-6-7-9-21(20)22(25-28-5)23(26)27-4/h6-10,12,14H,15H2,1-5H3/b24-18+,25-22+. The highest BCUT2D eigenvalue weighted by atomic mass is 16.6. The van der Waals surface area contributed by atoms with Gasteiger partial charge in [0.2, 0.25) is 0 Å². The molecular weight excluding hydrogens is 368 g/mol. The number of hydrogen-bond donors (Lipinski definition) is 0. The lowest BCUT2D eigenvalue weighted by molar-refractivity contribution is -0.132. The summed E-state index contributed by atoms with van der Waals surface area (Å²) in [6.07, 6.45) is 0. The van der Waals surface area contributed by atoms with Crippen LogP contribution in [0.1, 0.15) is 34.7 Å². The predicted octanol–water partition coefficient (Wildman–Crippen LogP) is 3.77. The molecule has 0 spiro atoms. The fraction of sp³-hybridized carbons (Fsp3) is 0.261. The molecule has 0 saturated heterocycles. The molecule has 0 unspecified atom stereocenters. The Bertz CT molecular complexity index is 997. The average Bonchev–Trinajstić information content (AvgIpc) is 2.71. The Balaban J connectivity index is 2.14. The number of benzene rings is 2. The largest absolute Gasteiger partial charge is 0.464 e. The van der Waals surface area contributed by atoms with E-state index in [1.165, 1.54) is 19.8 Å². The van der Waals surface area contributed by atoms with E-state index in [-0.39, 0.29) is 12.3 Å². The molecule has 0 bridgehead atoms. The molecule has 0 saturated carbocycles. The van der Waals surface area contributed by atoms with Gasteiger partial charge in [-0.25, -0.2) is 4.79 Å². The quantitative estimate of drug-likeness (QED) is 0.325. The summed E-state index contributed by atoms with van der Waals surface area (Å²) in [5.74, 6) is 5.49. The third-order valence-corrected chi connectivity index (χ3v) is 4.02. The van der Waals surface area contributed by atoms with Crippen molar-refractivity contribution < 1.29 is 19.2 Å². The Hall–Kier alpha value is -3.59. The minimum atomic E-state index is -0.599. The number of methoxy groups -OCH3 is 1. The molecule has 2 aromatic carbocycles. The fourth-order valence-electron chi connectivity index (χ4n) is 2.59. The molecule has 150 valence electrons. The van der Waals surface area contributed by atoms with Crippen LogP contribution in [0.15, 0.2) is 52.8 Å². The first-order valence-corrected chi connectivity index (χ1v) is 8.99. The number of rotatable bonds is 6. The van der Waals surface area contributed by atoms with Crippen molar-refractivity contribution in [2.45, 2.75) is 27.4 Å². The van der Waals surface area contributed by atoms with E-state index in [0.717, 1.165) is 11.1 Å². The van der Waals surface area contributed by atoms with Gasteiger partial charge >= 0.3 is 5.97 Å². The van der Waals surface area contributed by atoms with Crippen LogP contribution in [-0.2, 0) is 25.8 Å². The van der Waals surface area contributed by atoms with Crippen molar-refractivity contribution in [2.75, 3.05) is 14.2 Å². The van der Waals surface area contributed by atoms with Crippen molar-refractivity contribution in [2.24, 2.45) is 10.3 Å². The van der Waals surface area contributed by atoms with Crippen molar-refractivity contribution in [3.05, 3.63) is 70.3 Å². The van der Waals surface area contributed by atoms with Crippen LogP contribution in [0.5, 0.6) is 0 Å². The Morgan fingerprint density at radius 2 is 1.83 bits per heavy atom. The number of aryl methyl sites for hydroxylation is 2. The molecule has 0 atom stereocenters. The molecule has 2 rings (SSSR count). The van der Waals surface area contributed by atoms with Crippen molar-refractivity contribution in [3.63, 3.8) is 0 Å². The van der Waals surface area contributed by atoms with Gasteiger partial charge in [0.05, 0.1) is 7.11 Å². The molecule has 0 aliphatic heterocycles. The Morgan fingerprint density at radius 1 is 1.07 bits per heavy atom. The predicted molar refractivity (Wildman–Crippen MR) is 113 cm³/mol. The second-order valence-corrected chi connectivity index (χ2v) is 6.29. The molecule has 6 nitrogen and oxygen atoms in total. The normalized spacial score (nSPS) is 11.3. The highest BCUT2D eigenvalue weighted by Gasteiger charge is 2.19. The number of oxime groups is 2. The van der Waals surface area contributed by atoms with Crippen LogP contribution in [-0.4, -0.2) is 31.6 Å². The van der Waals surface area contributed by atoms with E-state index in [9.17, 15) is 4.79 Å². The van der Waals surface area contributed by atoms with E-state index in [4.69, 9.17) is 14.4 Å². The number of carbonyl (C=O) groups is 1. The number of carbonyl (C=O) groups excluding carboxylic acids is 1. The van der Waals surface area contributed by atoms with Gasteiger partial charge in [0.25, 0.3) is 0 Å². The SMILES string of the molecule is CO/N=C(/C(=O)OC)c1ccccc1CO/N=C(\C)C#Cc1ccc(C)cc1C. The molecule has 2 aromatic rings. The second-order valence-electron chi connectivity index (χ2n) is 6.29. The van der Waals surface area contributed by atoms with Crippen LogP contribution in [0.3, 0.4) is 0 Å². The third-order valence-electron chi connectivity index (χ3n) is 4.02. The van der Waals surface area contributed by atoms with E-state index < -0.39 is 5.97 Å². The highest BCUT2D eigenvalue weighted by molar-refractivity contribution is 6.43. The molecule has 0 N–H and O–H groups in total. The fourth-order valence-corrected chi connectivity index (χ4v) is 2.59. The van der Waals surface area contributed by atoms with Gasteiger partial charge in [-0.3, -0.25) is 0 Å². The summed E-state index contributed by atoms with van der Waals surface area (Å²) >= 11 is 0. The van der Waals surface area contributed by atoms with E-state index in [2.05, 4.69) is 28.2 Å². The maximum absolute atomic E-state index is 12.0. The summed E-state index contributed by atoms with van der Waals surface area (Å²) in [6.45, 7) is 5.98. The Kier molecular flexibility index (Phi) is 7.99. The number of nitrogens with zero attached hydrogens (tertiary/aromatic N) is 2. The van der Waals surface area contributed by atoms with Gasteiger partial charge in [-0.1, -0.05) is 58.2 Å². The maximum Gasteiger partial charge on any atom is 0.360 e. The lowest BCUT2D eigenvalue weighted by atomic mass is 10.0. The second kappa shape index (κ2) is 10.7. The molecule has 0 radical (unpaired) electrons. The van der Waals surface area contributed by atoms with Crippen LogP contribution in [0.4, 0.5) is 0 Å². The van der Waals surface area contributed by atoms with Crippen molar-refractivity contribution >= 4 is 17.4 Å². The van der Waals surface area contributed by atoms with Gasteiger partial charge in [-0.2, -0.15) is 0 Å². The van der Waals surface area contributed by atoms with E-state index in [1.807, 2.05) is 38.1 Å². The number of ether oxygens (including phenoxy) is 1. The topological polar surface area (TPSA) is 69.5 Å². The average molecular weight is 392 g/mol. The number of esters is 1. The van der Waals surface area contributed by atoms with Crippen LogP contribution in [0, 0.1) is 25.7 Å². The first kappa shape index (κ1) is 21.7. The van der Waals surface area contributed by atoms with Crippen LogP contribution in [0.25, 0.3) is 0 Å². The lowest BCUT2D eigenvalue weighted by Crippen LogP contribution is -2.19. The van der Waals surface area contributed by atoms with Gasteiger partial charge in [-0.05, 0) is 38.3 Å². The summed E-state index contributed by atoms with van der Waals surface area (Å²) in [4.78, 5) is 22.2. The Morgan fingerprint density at radius 3 is 2.52 bits per heavy atom. The molecule has 0 heterocycles. The minimum absolute atomic E-state index is 0.0598. The first-order valence-electron chi connectivity index (χ1n) is 8.99. The molecule has 0 aliphatic rings. The van der Waals surface area contributed by atoms with Gasteiger partial charge in [0.1, 0.15) is 19.4 Å². The van der Waals surface area contributed by atoms with Gasteiger partial charge in [0.15, 0.2) is 5.71 Å². The molecular formula is C23H24N2O4. The molecule has 0 amide bonds. The molecule has 0 fully saturated rings.